The summed E-state index contributed by atoms with van der Waals surface area (Å²) < 4.78 is 0. The number of hydrogen-bond donors (Lipinski definition) is 2. The summed E-state index contributed by atoms with van der Waals surface area (Å²) >= 11 is 0. The average Bonchev–Trinajstić information content (AvgIpc) is 2.62. The minimum Gasteiger partial charge on any atom is -0.389 e. The van der Waals surface area contributed by atoms with Crippen LogP contribution in [0.1, 0.15) is 32.1 Å². The number of allylic oxidation sites excluding steroid dienone is 3. The third kappa shape index (κ3) is 5.06. The number of ketones is 2. The normalized spacial score (nSPS) is 20.0. The van der Waals surface area contributed by atoms with Crippen LogP contribution < -0.4 is 0 Å². The van der Waals surface area contributed by atoms with Gasteiger partial charge in [0.05, 0.1) is 6.10 Å². The number of carbonyl (C=O) groups excluding carboxylic acids is 2. The molecule has 94 valence electrons. The Morgan fingerprint density at radius 1 is 1.47 bits per heavy atom. The molecule has 0 amide bonds. The SMILES string of the molecule is O=C(CO)CCC/C=C\CC1=C[C@H](O)CC1=O. The van der Waals surface area contributed by atoms with E-state index in [0.29, 0.717) is 24.8 Å². The number of carbonyl (C=O) groups is 2. The molecule has 0 aromatic heterocycles. The highest BCUT2D eigenvalue weighted by atomic mass is 16.3. The van der Waals surface area contributed by atoms with Gasteiger partial charge >= 0.3 is 0 Å². The molecule has 0 fully saturated rings. The Kier molecular flexibility index (Phi) is 5.80. The van der Waals surface area contributed by atoms with E-state index in [1.54, 1.807) is 6.08 Å². The lowest BCUT2D eigenvalue weighted by Gasteiger charge is -1.95. The molecule has 0 heterocycles. The van der Waals surface area contributed by atoms with Crippen molar-refractivity contribution in [3.8, 4) is 0 Å². The summed E-state index contributed by atoms with van der Waals surface area (Å²) in [5.74, 6) is -0.132. The molecule has 1 aliphatic rings. The zero-order valence-electron chi connectivity index (χ0n) is 9.76. The lowest BCUT2D eigenvalue weighted by molar-refractivity contribution is -0.121. The Morgan fingerprint density at radius 2 is 2.24 bits per heavy atom. The van der Waals surface area contributed by atoms with Crippen LogP contribution in [0.25, 0.3) is 0 Å². The molecule has 4 nitrogen and oxygen atoms in total. The van der Waals surface area contributed by atoms with Gasteiger partial charge in [-0.1, -0.05) is 12.2 Å². The highest BCUT2D eigenvalue weighted by molar-refractivity contribution is 5.98. The predicted octanol–water partition coefficient (Wildman–Crippen LogP) is 0.924. The average molecular weight is 238 g/mol. The van der Waals surface area contributed by atoms with Gasteiger partial charge in [0.2, 0.25) is 0 Å². The van der Waals surface area contributed by atoms with Gasteiger partial charge in [-0.25, -0.2) is 0 Å². The van der Waals surface area contributed by atoms with E-state index in [0.717, 1.165) is 6.42 Å². The van der Waals surface area contributed by atoms with Crippen LogP contribution in [0, 0.1) is 0 Å². The van der Waals surface area contributed by atoms with E-state index in [4.69, 9.17) is 5.11 Å². The van der Waals surface area contributed by atoms with Gasteiger partial charge in [-0.05, 0) is 30.9 Å². The molecule has 0 bridgehead atoms. The van der Waals surface area contributed by atoms with Crippen molar-refractivity contribution in [3.05, 3.63) is 23.8 Å². The molecule has 0 aliphatic heterocycles. The van der Waals surface area contributed by atoms with Gasteiger partial charge in [-0.2, -0.15) is 0 Å². The second-order valence-electron chi connectivity index (χ2n) is 4.15. The zero-order valence-corrected chi connectivity index (χ0v) is 9.76. The van der Waals surface area contributed by atoms with Gasteiger partial charge < -0.3 is 10.2 Å². The third-order valence-corrected chi connectivity index (χ3v) is 2.65. The Labute approximate surface area is 101 Å². The lowest BCUT2D eigenvalue weighted by Crippen LogP contribution is -2.02. The summed E-state index contributed by atoms with van der Waals surface area (Å²) in [4.78, 5) is 22.1. The van der Waals surface area contributed by atoms with Gasteiger partial charge in [-0.3, -0.25) is 9.59 Å². The van der Waals surface area contributed by atoms with Crippen LogP contribution in [0.2, 0.25) is 0 Å². The Morgan fingerprint density at radius 3 is 2.82 bits per heavy atom. The molecule has 0 spiro atoms. The lowest BCUT2D eigenvalue weighted by atomic mass is 10.1. The van der Waals surface area contributed by atoms with Gasteiger partial charge in [0.1, 0.15) is 6.61 Å². The number of hydrogen-bond acceptors (Lipinski definition) is 4. The summed E-state index contributed by atoms with van der Waals surface area (Å²) in [6, 6.07) is 0. The molecular formula is C13H18O4. The maximum Gasteiger partial charge on any atom is 0.161 e. The molecule has 0 aromatic carbocycles. The molecule has 1 rings (SSSR count). The second-order valence-corrected chi connectivity index (χ2v) is 4.15. The molecular weight excluding hydrogens is 220 g/mol. The maximum absolute atomic E-state index is 11.3. The first-order valence-corrected chi connectivity index (χ1v) is 5.83. The van der Waals surface area contributed by atoms with E-state index in [9.17, 15) is 14.7 Å². The number of aliphatic hydroxyl groups is 2. The Hall–Kier alpha value is -1.26. The van der Waals surface area contributed by atoms with E-state index in [2.05, 4.69) is 0 Å². The van der Waals surface area contributed by atoms with E-state index in [-0.39, 0.29) is 24.6 Å². The van der Waals surface area contributed by atoms with Crippen LogP contribution in [0.5, 0.6) is 0 Å². The minimum absolute atomic E-state index is 0.0117. The molecule has 4 heteroatoms. The van der Waals surface area contributed by atoms with Gasteiger partial charge in [0.15, 0.2) is 11.6 Å². The Bertz CT molecular complexity index is 341. The van der Waals surface area contributed by atoms with Crippen molar-refractivity contribution in [1.82, 2.24) is 0 Å². The highest BCUT2D eigenvalue weighted by Crippen LogP contribution is 2.18. The van der Waals surface area contributed by atoms with Crippen molar-refractivity contribution >= 4 is 11.6 Å². The van der Waals surface area contributed by atoms with Gasteiger partial charge in [-0.15, -0.1) is 0 Å². The van der Waals surface area contributed by atoms with E-state index in [1.807, 2.05) is 12.2 Å². The van der Waals surface area contributed by atoms with Crippen LogP contribution in [0.4, 0.5) is 0 Å². The summed E-state index contributed by atoms with van der Waals surface area (Å²) in [5, 5.41) is 17.7. The standard InChI is InChI=1S/C13H18O4/c14-9-11(15)6-4-2-1-3-5-10-7-12(16)8-13(10)17/h1,3,7,12,14,16H,2,4-6,8-9H2/b3-1-/t12-/m0/s1. The highest BCUT2D eigenvalue weighted by Gasteiger charge is 2.20. The monoisotopic (exact) mass is 238 g/mol. The molecule has 1 atom stereocenters. The molecule has 2 N–H and O–H groups in total. The van der Waals surface area contributed by atoms with Crippen LogP contribution >= 0.6 is 0 Å². The zero-order chi connectivity index (χ0) is 12.7. The summed E-state index contributed by atoms with van der Waals surface area (Å²) in [6.07, 6.45) is 7.39. The van der Waals surface area contributed by atoms with Crippen LogP contribution in [-0.4, -0.2) is 34.5 Å². The second kappa shape index (κ2) is 7.14. The first-order valence-electron chi connectivity index (χ1n) is 5.83. The molecule has 1 aliphatic carbocycles. The van der Waals surface area contributed by atoms with Crippen molar-refractivity contribution < 1.29 is 19.8 Å². The van der Waals surface area contributed by atoms with Crippen molar-refractivity contribution in [2.24, 2.45) is 0 Å². The van der Waals surface area contributed by atoms with E-state index < -0.39 is 6.10 Å². The summed E-state index contributed by atoms with van der Waals surface area (Å²) in [7, 11) is 0. The van der Waals surface area contributed by atoms with E-state index >= 15 is 0 Å². The maximum atomic E-state index is 11.3. The summed E-state index contributed by atoms with van der Waals surface area (Å²) in [6.45, 7) is -0.386. The summed E-state index contributed by atoms with van der Waals surface area (Å²) in [5.41, 5.74) is 0.667. The molecule has 0 unspecified atom stereocenters. The van der Waals surface area contributed by atoms with Gasteiger partial charge in [0.25, 0.3) is 0 Å². The largest absolute Gasteiger partial charge is 0.389 e. The van der Waals surface area contributed by atoms with Crippen molar-refractivity contribution in [2.45, 2.75) is 38.2 Å². The van der Waals surface area contributed by atoms with Crippen LogP contribution in [0.15, 0.2) is 23.8 Å². The van der Waals surface area contributed by atoms with Crippen LogP contribution in [-0.2, 0) is 9.59 Å². The van der Waals surface area contributed by atoms with Crippen molar-refractivity contribution in [1.29, 1.82) is 0 Å². The fourth-order valence-electron chi connectivity index (χ4n) is 1.71. The molecule has 0 radical (unpaired) electrons. The molecule has 17 heavy (non-hydrogen) atoms. The number of rotatable bonds is 7. The minimum atomic E-state index is -0.618. The number of unbranched alkanes of at least 4 members (excludes halogenated alkanes) is 1. The first-order chi connectivity index (χ1) is 8.13. The smallest absolute Gasteiger partial charge is 0.161 e. The van der Waals surface area contributed by atoms with Gasteiger partial charge in [0, 0.05) is 12.8 Å². The third-order valence-electron chi connectivity index (χ3n) is 2.65. The van der Waals surface area contributed by atoms with Crippen molar-refractivity contribution in [3.63, 3.8) is 0 Å². The Balaban J connectivity index is 2.16. The number of Topliss-reactive ketones (excluding diaryl/α,β-unsaturated/α-hetero) is 2. The molecule has 0 saturated heterocycles. The fourth-order valence-corrected chi connectivity index (χ4v) is 1.71. The predicted molar refractivity (Wildman–Crippen MR) is 63.4 cm³/mol. The number of aliphatic hydroxyl groups excluding tert-OH is 2. The topological polar surface area (TPSA) is 74.6 Å². The quantitative estimate of drug-likeness (QED) is 0.511. The fraction of sp³-hybridized carbons (Fsp3) is 0.538. The van der Waals surface area contributed by atoms with Crippen molar-refractivity contribution in [2.75, 3.05) is 6.61 Å². The first kappa shape index (κ1) is 13.8. The van der Waals surface area contributed by atoms with E-state index in [1.165, 1.54) is 0 Å². The molecule has 0 saturated carbocycles. The van der Waals surface area contributed by atoms with Crippen LogP contribution in [0.3, 0.4) is 0 Å². The molecule has 0 aromatic rings.